The van der Waals surface area contributed by atoms with E-state index >= 15 is 0 Å². The molecule has 2 aliphatic rings. The molecule has 5 unspecified atom stereocenters. The van der Waals surface area contributed by atoms with Crippen molar-refractivity contribution in [1.29, 1.82) is 0 Å². The maximum atomic E-state index is 12.4. The number of rotatable bonds is 2. The van der Waals surface area contributed by atoms with Crippen molar-refractivity contribution in [2.24, 2.45) is 29.1 Å². The molecular formula is C16H26O2. The zero-order valence-corrected chi connectivity index (χ0v) is 12.2. The molecule has 0 heterocycles. The van der Waals surface area contributed by atoms with Crippen LogP contribution in [0.15, 0.2) is 0 Å². The van der Waals surface area contributed by atoms with Gasteiger partial charge in [-0.1, -0.05) is 47.0 Å². The molecule has 0 N–H and O–H groups in total. The van der Waals surface area contributed by atoms with E-state index in [-0.39, 0.29) is 28.8 Å². The number of Topliss-reactive ketones (excluding diaryl/α,β-unsaturated/α-hetero) is 2. The van der Waals surface area contributed by atoms with Crippen molar-refractivity contribution < 1.29 is 9.59 Å². The summed E-state index contributed by atoms with van der Waals surface area (Å²) >= 11 is 0. The zero-order chi connectivity index (χ0) is 13.5. The van der Waals surface area contributed by atoms with Crippen molar-refractivity contribution in [2.75, 3.05) is 0 Å². The Kier molecular flexibility index (Phi) is 3.66. The van der Waals surface area contributed by atoms with Crippen LogP contribution in [0.25, 0.3) is 0 Å². The molecule has 2 rings (SSSR count). The minimum absolute atomic E-state index is 0.00839. The number of fused-ring (bicyclic) bond motifs is 1. The zero-order valence-electron chi connectivity index (χ0n) is 12.2. The van der Waals surface area contributed by atoms with E-state index in [1.54, 1.807) is 0 Å². The first-order valence-corrected chi connectivity index (χ1v) is 7.49. The lowest BCUT2D eigenvalue weighted by Gasteiger charge is -2.50. The molecule has 0 aromatic heterocycles. The van der Waals surface area contributed by atoms with Crippen molar-refractivity contribution in [3.63, 3.8) is 0 Å². The van der Waals surface area contributed by atoms with Gasteiger partial charge in [0.1, 0.15) is 0 Å². The predicted octanol–water partition coefficient (Wildman–Crippen LogP) is 3.63. The van der Waals surface area contributed by atoms with Gasteiger partial charge in [0, 0.05) is 11.8 Å². The molecule has 18 heavy (non-hydrogen) atoms. The minimum atomic E-state index is -0.0686. The van der Waals surface area contributed by atoms with Gasteiger partial charge in [0.05, 0.1) is 0 Å². The Morgan fingerprint density at radius 2 is 1.94 bits per heavy atom. The molecule has 0 aliphatic heterocycles. The quantitative estimate of drug-likeness (QED) is 0.701. The van der Waals surface area contributed by atoms with Crippen molar-refractivity contribution in [3.05, 3.63) is 0 Å². The minimum Gasteiger partial charge on any atom is -0.291 e. The Balaban J connectivity index is 2.32. The van der Waals surface area contributed by atoms with E-state index in [0.717, 1.165) is 25.7 Å². The average Bonchev–Trinajstić information content (AvgIpc) is 2.35. The highest BCUT2D eigenvalue weighted by Crippen LogP contribution is 2.53. The van der Waals surface area contributed by atoms with Crippen LogP contribution in [0.2, 0.25) is 0 Å². The fraction of sp³-hybridized carbons (Fsp3) is 0.875. The summed E-state index contributed by atoms with van der Waals surface area (Å²) in [4.78, 5) is 24.7. The van der Waals surface area contributed by atoms with Gasteiger partial charge in [0.2, 0.25) is 11.6 Å². The highest BCUT2D eigenvalue weighted by Gasteiger charge is 2.54. The summed E-state index contributed by atoms with van der Waals surface area (Å²) in [5, 5.41) is 0. The van der Waals surface area contributed by atoms with Gasteiger partial charge in [-0.05, 0) is 30.1 Å². The van der Waals surface area contributed by atoms with Crippen LogP contribution in [0.1, 0.15) is 59.8 Å². The van der Waals surface area contributed by atoms with Gasteiger partial charge in [-0.2, -0.15) is 0 Å². The van der Waals surface area contributed by atoms with Gasteiger partial charge in [0.15, 0.2) is 0 Å². The van der Waals surface area contributed by atoms with E-state index in [4.69, 9.17) is 0 Å². The van der Waals surface area contributed by atoms with Crippen LogP contribution in [0.5, 0.6) is 0 Å². The number of hydrogen-bond donors (Lipinski definition) is 0. The average molecular weight is 250 g/mol. The number of hydrogen-bond acceptors (Lipinski definition) is 2. The van der Waals surface area contributed by atoms with E-state index in [0.29, 0.717) is 11.8 Å². The highest BCUT2D eigenvalue weighted by atomic mass is 16.2. The molecular weight excluding hydrogens is 224 g/mol. The molecule has 5 atom stereocenters. The molecule has 0 aromatic rings. The fourth-order valence-electron chi connectivity index (χ4n) is 4.07. The molecule has 0 spiro atoms. The maximum Gasteiger partial charge on any atom is 0.202 e. The second-order valence-electron chi connectivity index (χ2n) is 6.82. The SMILES string of the molecule is CCC(C)C1CC2(C)C(C)CCCC2C(=O)C1=O. The predicted molar refractivity (Wildman–Crippen MR) is 72.2 cm³/mol. The molecule has 2 heteroatoms. The van der Waals surface area contributed by atoms with Crippen molar-refractivity contribution in [1.82, 2.24) is 0 Å². The van der Waals surface area contributed by atoms with Gasteiger partial charge >= 0.3 is 0 Å². The Morgan fingerprint density at radius 1 is 1.28 bits per heavy atom. The third-order valence-corrected chi connectivity index (χ3v) is 5.94. The molecule has 2 aliphatic carbocycles. The number of carbonyl (C=O) groups is 2. The third kappa shape index (κ3) is 1.94. The second-order valence-corrected chi connectivity index (χ2v) is 6.82. The van der Waals surface area contributed by atoms with Crippen molar-refractivity contribution in [2.45, 2.75) is 59.8 Å². The summed E-state index contributed by atoms with van der Waals surface area (Å²) in [6, 6.07) is 0. The first kappa shape index (κ1) is 13.8. The molecule has 2 saturated carbocycles. The van der Waals surface area contributed by atoms with E-state index in [1.165, 1.54) is 6.42 Å². The maximum absolute atomic E-state index is 12.4. The Morgan fingerprint density at radius 3 is 2.56 bits per heavy atom. The number of ketones is 2. The van der Waals surface area contributed by atoms with Crippen LogP contribution in [-0.2, 0) is 9.59 Å². The van der Waals surface area contributed by atoms with Crippen LogP contribution in [0.4, 0.5) is 0 Å². The van der Waals surface area contributed by atoms with E-state index in [1.807, 2.05) is 0 Å². The summed E-state index contributed by atoms with van der Waals surface area (Å²) in [7, 11) is 0. The van der Waals surface area contributed by atoms with Gasteiger partial charge in [0.25, 0.3) is 0 Å². The van der Waals surface area contributed by atoms with E-state index in [9.17, 15) is 9.59 Å². The first-order valence-electron chi connectivity index (χ1n) is 7.49. The summed E-state index contributed by atoms with van der Waals surface area (Å²) in [5.41, 5.74) is 0.0668. The molecule has 0 bridgehead atoms. The van der Waals surface area contributed by atoms with Crippen LogP contribution < -0.4 is 0 Å². The van der Waals surface area contributed by atoms with Crippen molar-refractivity contribution in [3.8, 4) is 0 Å². The molecule has 102 valence electrons. The third-order valence-electron chi connectivity index (χ3n) is 5.94. The normalized spacial score (nSPS) is 42.6. The van der Waals surface area contributed by atoms with Crippen LogP contribution in [0, 0.1) is 29.1 Å². The smallest absolute Gasteiger partial charge is 0.202 e. The Hall–Kier alpha value is -0.660. The largest absolute Gasteiger partial charge is 0.291 e. The van der Waals surface area contributed by atoms with Gasteiger partial charge < -0.3 is 0 Å². The molecule has 0 amide bonds. The van der Waals surface area contributed by atoms with E-state index < -0.39 is 0 Å². The monoisotopic (exact) mass is 250 g/mol. The molecule has 0 aromatic carbocycles. The topological polar surface area (TPSA) is 34.1 Å². The highest BCUT2D eigenvalue weighted by molar-refractivity contribution is 6.39. The summed E-state index contributed by atoms with van der Waals surface area (Å²) in [5.74, 6) is 0.771. The molecule has 2 fully saturated rings. The molecule has 0 radical (unpaired) electrons. The first-order chi connectivity index (χ1) is 8.41. The number of carbonyl (C=O) groups excluding carboxylic acids is 2. The Bertz CT molecular complexity index is 360. The second kappa shape index (κ2) is 4.79. The lowest BCUT2D eigenvalue weighted by Crippen LogP contribution is -2.53. The van der Waals surface area contributed by atoms with Crippen LogP contribution >= 0.6 is 0 Å². The fourth-order valence-corrected chi connectivity index (χ4v) is 4.07. The lowest BCUT2D eigenvalue weighted by molar-refractivity contribution is -0.155. The van der Waals surface area contributed by atoms with Crippen LogP contribution in [-0.4, -0.2) is 11.6 Å². The molecule has 2 nitrogen and oxygen atoms in total. The summed E-state index contributed by atoms with van der Waals surface area (Å²) in [6.07, 6.45) is 5.16. The van der Waals surface area contributed by atoms with Crippen molar-refractivity contribution >= 4 is 11.6 Å². The summed E-state index contributed by atoms with van der Waals surface area (Å²) in [6.45, 7) is 8.75. The van der Waals surface area contributed by atoms with Gasteiger partial charge in [-0.15, -0.1) is 0 Å². The summed E-state index contributed by atoms with van der Waals surface area (Å²) < 4.78 is 0. The molecule has 0 saturated heterocycles. The lowest BCUT2D eigenvalue weighted by atomic mass is 9.52. The van der Waals surface area contributed by atoms with Gasteiger partial charge in [-0.25, -0.2) is 0 Å². The van der Waals surface area contributed by atoms with E-state index in [2.05, 4.69) is 27.7 Å². The standard InChI is InChI=1S/C16H26O2/c1-5-10(2)12-9-16(4)11(3)7-6-8-13(16)15(18)14(12)17/h10-13H,5-9H2,1-4H3. The van der Waals surface area contributed by atoms with Crippen LogP contribution in [0.3, 0.4) is 0 Å². The Labute approximate surface area is 111 Å². The van der Waals surface area contributed by atoms with Gasteiger partial charge in [-0.3, -0.25) is 9.59 Å².